The van der Waals surface area contributed by atoms with Crippen LogP contribution in [0.4, 0.5) is 35.1 Å². The number of H-pyrrole nitrogens is 1. The minimum absolute atomic E-state index is 0.0181. The van der Waals surface area contributed by atoms with Gasteiger partial charge in [0.25, 0.3) is 11.4 Å². The number of aryl methyl sites for hydroxylation is 3. The highest BCUT2D eigenvalue weighted by molar-refractivity contribution is 6.29. The molecule has 2 aromatic heterocycles. The third-order valence-corrected chi connectivity index (χ3v) is 5.43. The van der Waals surface area contributed by atoms with Crippen molar-refractivity contribution in [1.82, 2.24) is 19.9 Å². The molecule has 2 heterocycles. The van der Waals surface area contributed by atoms with Crippen LogP contribution in [0.2, 0.25) is 10.3 Å². The predicted octanol–water partition coefficient (Wildman–Crippen LogP) is 7.49. The van der Waals surface area contributed by atoms with E-state index < -0.39 is 52.7 Å². The van der Waals surface area contributed by atoms with E-state index in [4.69, 9.17) is 27.9 Å². The number of hydrogen-bond donors (Lipinski definition) is 1. The van der Waals surface area contributed by atoms with Crippen LogP contribution in [0.15, 0.2) is 29.1 Å². The predicted molar refractivity (Wildman–Crippen MR) is 130 cm³/mol. The number of aromatic amines is 1. The van der Waals surface area contributed by atoms with Gasteiger partial charge in [-0.3, -0.25) is 4.79 Å². The van der Waals surface area contributed by atoms with Gasteiger partial charge < -0.3 is 9.72 Å². The van der Waals surface area contributed by atoms with E-state index in [1.54, 1.807) is 0 Å². The van der Waals surface area contributed by atoms with Crippen molar-refractivity contribution in [3.8, 4) is 5.88 Å². The Hall–Kier alpha value is -3.00. The normalized spacial score (nSPS) is 11.7. The van der Waals surface area contributed by atoms with Crippen molar-refractivity contribution in [1.29, 1.82) is 0 Å². The van der Waals surface area contributed by atoms with Gasteiger partial charge in [0.05, 0.1) is 0 Å². The number of benzene rings is 1. The van der Waals surface area contributed by atoms with Crippen LogP contribution in [0.25, 0.3) is 0 Å². The van der Waals surface area contributed by atoms with E-state index in [1.807, 2.05) is 36.2 Å². The Kier molecular flexibility index (Phi) is 12.1. The highest BCUT2D eigenvalue weighted by Crippen LogP contribution is 2.25. The summed E-state index contributed by atoms with van der Waals surface area (Å²) in [4.78, 5) is 23.8. The molecule has 3 aromatic rings. The average Bonchev–Trinajstić information content (AvgIpc) is 2.83. The maximum Gasteiger partial charge on any atom is 0.389 e. The fraction of sp³-hybridized carbons (Fsp3) is 0.417. The van der Waals surface area contributed by atoms with Crippen molar-refractivity contribution < 1.29 is 39.9 Å². The third-order valence-electron chi connectivity index (χ3n) is 4.93. The second-order valence-electron chi connectivity index (χ2n) is 8.38. The average molecular weight is 621 g/mol. The summed E-state index contributed by atoms with van der Waals surface area (Å²) in [5.41, 5.74) is 0.789. The first kappa shape index (κ1) is 33.2. The SMILES string of the molecule is Cc1ccc(COc2nc(CCCC(F)(F)F)nc(Cl)c2F)cc1.O=c1[nH]c(CCCC(F)(F)F)nc(Cl)c1F. The molecule has 6 nitrogen and oxygen atoms in total. The summed E-state index contributed by atoms with van der Waals surface area (Å²) >= 11 is 10.9. The molecule has 0 unspecified atom stereocenters. The zero-order valence-electron chi connectivity index (χ0n) is 20.7. The van der Waals surface area contributed by atoms with Crippen LogP contribution >= 0.6 is 23.2 Å². The molecule has 0 radical (unpaired) electrons. The van der Waals surface area contributed by atoms with Gasteiger partial charge in [-0.2, -0.15) is 40.1 Å². The summed E-state index contributed by atoms with van der Waals surface area (Å²) in [6.07, 6.45) is -11.1. The van der Waals surface area contributed by atoms with E-state index >= 15 is 0 Å². The van der Waals surface area contributed by atoms with Crippen molar-refractivity contribution in [2.24, 2.45) is 0 Å². The Morgan fingerprint density at radius 3 is 1.93 bits per heavy atom. The monoisotopic (exact) mass is 620 g/mol. The molecule has 0 aliphatic heterocycles. The smallest absolute Gasteiger partial charge is 0.389 e. The minimum atomic E-state index is -4.26. The van der Waals surface area contributed by atoms with Gasteiger partial charge >= 0.3 is 12.4 Å². The van der Waals surface area contributed by atoms with Gasteiger partial charge in [0.2, 0.25) is 11.6 Å². The van der Waals surface area contributed by atoms with Crippen LogP contribution in [-0.4, -0.2) is 32.3 Å². The highest BCUT2D eigenvalue weighted by Gasteiger charge is 2.27. The molecule has 0 saturated heterocycles. The van der Waals surface area contributed by atoms with Crippen molar-refractivity contribution in [2.45, 2.75) is 64.4 Å². The Morgan fingerprint density at radius 1 is 0.825 bits per heavy atom. The Bertz CT molecular complexity index is 1320. The molecule has 40 heavy (non-hydrogen) atoms. The van der Waals surface area contributed by atoms with E-state index in [-0.39, 0.29) is 49.8 Å². The lowest BCUT2D eigenvalue weighted by Crippen LogP contribution is -2.16. The summed E-state index contributed by atoms with van der Waals surface area (Å²) in [6.45, 7) is 1.99. The number of rotatable bonds is 9. The van der Waals surface area contributed by atoms with E-state index in [1.165, 1.54) is 0 Å². The molecule has 0 fully saturated rings. The maximum atomic E-state index is 13.9. The fourth-order valence-corrected chi connectivity index (χ4v) is 3.35. The largest absolute Gasteiger partial charge is 0.471 e. The number of nitrogens with zero attached hydrogens (tertiary/aromatic N) is 3. The van der Waals surface area contributed by atoms with Crippen molar-refractivity contribution in [3.63, 3.8) is 0 Å². The Labute approximate surface area is 232 Å². The van der Waals surface area contributed by atoms with Crippen LogP contribution in [0.5, 0.6) is 5.88 Å². The molecule has 0 bridgehead atoms. The summed E-state index contributed by atoms with van der Waals surface area (Å²) < 4.78 is 104. The summed E-state index contributed by atoms with van der Waals surface area (Å²) in [5, 5.41) is -1.10. The molecular formula is C24H22Cl2F8N4O2. The lowest BCUT2D eigenvalue weighted by Gasteiger charge is -2.10. The first-order valence-corrected chi connectivity index (χ1v) is 12.3. The fourth-order valence-electron chi connectivity index (χ4n) is 2.98. The molecule has 0 amide bonds. The number of ether oxygens (including phenoxy) is 1. The molecule has 0 saturated carbocycles. The molecule has 0 spiro atoms. The quantitative estimate of drug-likeness (QED) is 0.198. The Morgan fingerprint density at radius 2 is 1.38 bits per heavy atom. The van der Waals surface area contributed by atoms with Crippen LogP contribution in [0.1, 0.15) is 48.5 Å². The maximum absolute atomic E-state index is 13.9. The second-order valence-corrected chi connectivity index (χ2v) is 9.09. The van der Waals surface area contributed by atoms with E-state index in [9.17, 15) is 39.9 Å². The number of hydrogen-bond acceptors (Lipinski definition) is 5. The first-order chi connectivity index (χ1) is 18.5. The molecular weight excluding hydrogens is 599 g/mol. The van der Waals surface area contributed by atoms with E-state index in [0.29, 0.717) is 0 Å². The standard InChI is InChI=1S/C16H15ClF4N2O.C8H7ClF4N2O/c1-10-4-6-11(7-5-10)9-24-15-13(18)14(17)22-12(23-15)3-2-8-16(19,20)21;9-6-5(10)7(16)15-4(14-6)2-1-3-8(11,12)13/h4-7H,2-3,8-9H2,1H3;1-3H2,(H,14,15,16). The third kappa shape index (κ3) is 12.0. The van der Waals surface area contributed by atoms with Crippen molar-refractivity contribution >= 4 is 23.2 Å². The van der Waals surface area contributed by atoms with Gasteiger partial charge in [-0.15, -0.1) is 0 Å². The van der Waals surface area contributed by atoms with Crippen LogP contribution in [-0.2, 0) is 19.4 Å². The van der Waals surface area contributed by atoms with Crippen LogP contribution in [0, 0.1) is 18.6 Å². The van der Waals surface area contributed by atoms with Crippen molar-refractivity contribution in [3.05, 3.63) is 79.3 Å². The number of alkyl halides is 6. The van der Waals surface area contributed by atoms with Crippen LogP contribution in [0.3, 0.4) is 0 Å². The minimum Gasteiger partial charge on any atom is -0.471 e. The van der Waals surface area contributed by atoms with Gasteiger partial charge in [-0.05, 0) is 25.3 Å². The van der Waals surface area contributed by atoms with Crippen molar-refractivity contribution in [2.75, 3.05) is 0 Å². The number of halogens is 10. The molecule has 220 valence electrons. The van der Waals surface area contributed by atoms with Gasteiger partial charge in [-0.1, -0.05) is 53.0 Å². The first-order valence-electron chi connectivity index (χ1n) is 11.5. The molecule has 0 aliphatic rings. The van der Waals surface area contributed by atoms with Crippen LogP contribution < -0.4 is 10.3 Å². The van der Waals surface area contributed by atoms with Gasteiger partial charge in [0.1, 0.15) is 18.3 Å². The topological polar surface area (TPSA) is 80.8 Å². The zero-order chi connectivity index (χ0) is 30.1. The summed E-state index contributed by atoms with van der Waals surface area (Å²) in [7, 11) is 0. The second kappa shape index (κ2) is 14.6. The number of nitrogens with one attached hydrogen (secondary N) is 1. The highest BCUT2D eigenvalue weighted by atomic mass is 35.5. The van der Waals surface area contributed by atoms with Gasteiger partial charge in [0, 0.05) is 25.7 Å². The van der Waals surface area contributed by atoms with Gasteiger partial charge in [0.15, 0.2) is 10.3 Å². The van der Waals surface area contributed by atoms with E-state index in [2.05, 4.69) is 15.0 Å². The molecule has 0 atom stereocenters. The summed E-state index contributed by atoms with van der Waals surface area (Å²) in [6, 6.07) is 7.40. The molecule has 1 aromatic carbocycles. The Balaban J connectivity index is 0.000000305. The molecule has 3 rings (SSSR count). The number of aromatic nitrogens is 4. The summed E-state index contributed by atoms with van der Waals surface area (Å²) in [5.74, 6) is -2.56. The van der Waals surface area contributed by atoms with E-state index in [0.717, 1.165) is 11.1 Å². The lowest BCUT2D eigenvalue weighted by atomic mass is 10.2. The molecule has 16 heteroatoms. The van der Waals surface area contributed by atoms with Gasteiger partial charge in [-0.25, -0.2) is 9.97 Å². The molecule has 0 aliphatic carbocycles. The zero-order valence-corrected chi connectivity index (χ0v) is 22.2. The lowest BCUT2D eigenvalue weighted by molar-refractivity contribution is -0.136. The molecule has 1 N–H and O–H groups in total.